The van der Waals surface area contributed by atoms with E-state index in [1.54, 1.807) is 0 Å². The predicted molar refractivity (Wildman–Crippen MR) is 241 cm³/mol. The van der Waals surface area contributed by atoms with Crippen LogP contribution in [0.5, 0.6) is 0 Å². The number of rotatable bonds is 6. The minimum Gasteiger partial charge on any atom is -0.456 e. The predicted octanol–water partition coefficient (Wildman–Crippen LogP) is 15.4. The summed E-state index contributed by atoms with van der Waals surface area (Å²) in [5.74, 6) is 0. The molecule has 4 nitrogen and oxygen atoms in total. The van der Waals surface area contributed by atoms with Crippen LogP contribution in [-0.4, -0.2) is 4.57 Å². The summed E-state index contributed by atoms with van der Waals surface area (Å²) >= 11 is 0. The zero-order chi connectivity index (χ0) is 38.2. The molecular formula is C54H34N2O2. The van der Waals surface area contributed by atoms with Gasteiger partial charge in [0.15, 0.2) is 5.58 Å². The van der Waals surface area contributed by atoms with Crippen LogP contribution in [0.2, 0.25) is 0 Å². The van der Waals surface area contributed by atoms with Gasteiger partial charge in [0.1, 0.15) is 16.7 Å². The van der Waals surface area contributed by atoms with Crippen molar-refractivity contribution in [2.24, 2.45) is 0 Å². The van der Waals surface area contributed by atoms with Gasteiger partial charge in [-0.2, -0.15) is 0 Å². The van der Waals surface area contributed by atoms with Crippen molar-refractivity contribution in [1.82, 2.24) is 4.57 Å². The molecule has 0 radical (unpaired) electrons. The molecular weight excluding hydrogens is 709 g/mol. The fourth-order valence-corrected chi connectivity index (χ4v) is 9.01. The van der Waals surface area contributed by atoms with E-state index in [0.29, 0.717) is 0 Å². The molecule has 0 aliphatic heterocycles. The van der Waals surface area contributed by atoms with Crippen molar-refractivity contribution < 1.29 is 8.83 Å². The molecule has 0 aliphatic rings. The largest absolute Gasteiger partial charge is 0.456 e. The Bertz CT molecular complexity index is 3500. The standard InChI is InChI=1S/C54H34N2O2/c1-4-16-35(17-5-1)37-32-43(36-18-6-2-7-19-36)53-45(33-37)52-46(25-15-26-47(52)56(53)38-20-8-3-9-21-38)55(39-30-31-51-44(34-39)41-23-11-12-28-49(41)57-51)48-27-14-24-42-40-22-10-13-29-50(40)58-54(42)48/h1-34H. The van der Waals surface area contributed by atoms with Crippen molar-refractivity contribution in [1.29, 1.82) is 0 Å². The van der Waals surface area contributed by atoms with Crippen LogP contribution >= 0.6 is 0 Å². The second-order valence-electron chi connectivity index (χ2n) is 14.9. The highest BCUT2D eigenvalue weighted by Crippen LogP contribution is 2.50. The fraction of sp³-hybridized carbons (Fsp3) is 0. The molecule has 3 aromatic heterocycles. The molecule has 0 saturated carbocycles. The third kappa shape index (κ3) is 4.95. The van der Waals surface area contributed by atoms with Gasteiger partial charge in [-0.1, -0.05) is 133 Å². The number of furan rings is 2. The van der Waals surface area contributed by atoms with Gasteiger partial charge in [0, 0.05) is 49.3 Å². The molecule has 0 fully saturated rings. The first kappa shape index (κ1) is 32.4. The summed E-state index contributed by atoms with van der Waals surface area (Å²) in [5.41, 5.74) is 14.4. The maximum Gasteiger partial charge on any atom is 0.159 e. The van der Waals surface area contributed by atoms with Crippen molar-refractivity contribution in [3.63, 3.8) is 0 Å². The lowest BCUT2D eigenvalue weighted by atomic mass is 9.95. The first-order valence-electron chi connectivity index (χ1n) is 19.7. The van der Waals surface area contributed by atoms with E-state index in [9.17, 15) is 0 Å². The molecule has 0 spiro atoms. The summed E-state index contributed by atoms with van der Waals surface area (Å²) in [6.07, 6.45) is 0. The summed E-state index contributed by atoms with van der Waals surface area (Å²) in [6, 6.07) is 73.3. The second kappa shape index (κ2) is 12.9. The Kier molecular flexibility index (Phi) is 7.20. The Labute approximate surface area is 334 Å². The fourth-order valence-electron chi connectivity index (χ4n) is 9.01. The zero-order valence-corrected chi connectivity index (χ0v) is 31.3. The maximum atomic E-state index is 6.81. The van der Waals surface area contributed by atoms with Crippen molar-refractivity contribution in [2.75, 3.05) is 4.90 Å². The summed E-state index contributed by atoms with van der Waals surface area (Å²) in [4.78, 5) is 2.39. The topological polar surface area (TPSA) is 34.5 Å². The van der Waals surface area contributed by atoms with Crippen LogP contribution in [0.4, 0.5) is 17.1 Å². The highest BCUT2D eigenvalue weighted by molar-refractivity contribution is 6.22. The van der Waals surface area contributed by atoms with Crippen LogP contribution in [0.1, 0.15) is 0 Å². The lowest BCUT2D eigenvalue weighted by Crippen LogP contribution is -2.10. The van der Waals surface area contributed by atoms with Crippen LogP contribution in [-0.2, 0) is 0 Å². The summed E-state index contributed by atoms with van der Waals surface area (Å²) in [5, 5.41) is 6.61. The number of hydrogen-bond donors (Lipinski definition) is 0. The molecule has 0 aliphatic carbocycles. The third-order valence-electron chi connectivity index (χ3n) is 11.6. The average Bonchev–Trinajstić information content (AvgIpc) is 3.97. The number of nitrogens with zero attached hydrogens (tertiary/aromatic N) is 2. The van der Waals surface area contributed by atoms with Gasteiger partial charge in [-0.05, 0) is 89.5 Å². The van der Waals surface area contributed by atoms with Crippen molar-refractivity contribution in [3.8, 4) is 27.9 Å². The maximum absolute atomic E-state index is 6.81. The number of hydrogen-bond acceptors (Lipinski definition) is 3. The minimum absolute atomic E-state index is 0.833. The van der Waals surface area contributed by atoms with E-state index in [1.165, 1.54) is 11.1 Å². The molecule has 0 bridgehead atoms. The van der Waals surface area contributed by atoms with E-state index in [2.05, 4.69) is 198 Å². The number of aromatic nitrogens is 1. The van der Waals surface area contributed by atoms with Gasteiger partial charge in [0.25, 0.3) is 0 Å². The van der Waals surface area contributed by atoms with E-state index >= 15 is 0 Å². The Morgan fingerprint density at radius 1 is 0.379 bits per heavy atom. The normalized spacial score (nSPS) is 11.8. The van der Waals surface area contributed by atoms with E-state index in [0.717, 1.165) is 99.6 Å². The molecule has 0 N–H and O–H groups in total. The van der Waals surface area contributed by atoms with Gasteiger partial charge in [0.2, 0.25) is 0 Å². The second-order valence-corrected chi connectivity index (χ2v) is 14.9. The molecule has 3 heterocycles. The number of fused-ring (bicyclic) bond motifs is 9. The molecule has 12 aromatic rings. The Morgan fingerprint density at radius 2 is 0.983 bits per heavy atom. The molecule has 0 atom stereocenters. The van der Waals surface area contributed by atoms with Crippen molar-refractivity contribution >= 4 is 82.7 Å². The molecule has 0 unspecified atom stereocenters. The monoisotopic (exact) mass is 742 g/mol. The van der Waals surface area contributed by atoms with Gasteiger partial charge in [-0.15, -0.1) is 0 Å². The third-order valence-corrected chi connectivity index (χ3v) is 11.6. The van der Waals surface area contributed by atoms with Gasteiger partial charge >= 0.3 is 0 Å². The van der Waals surface area contributed by atoms with Crippen LogP contribution in [0, 0.1) is 0 Å². The van der Waals surface area contributed by atoms with Crippen LogP contribution in [0.25, 0.3) is 93.6 Å². The first-order chi connectivity index (χ1) is 28.8. The smallest absolute Gasteiger partial charge is 0.159 e. The summed E-state index contributed by atoms with van der Waals surface area (Å²) < 4.78 is 15.6. The SMILES string of the molecule is c1ccc(-c2cc(-c3ccccc3)c3c(c2)c2c(N(c4ccc5oc6ccccc6c5c4)c4cccc5c4oc4ccccc45)cccc2n3-c2ccccc2)cc1. The van der Waals surface area contributed by atoms with E-state index < -0.39 is 0 Å². The quantitative estimate of drug-likeness (QED) is 0.170. The molecule has 0 amide bonds. The van der Waals surface area contributed by atoms with E-state index in [-0.39, 0.29) is 0 Å². The molecule has 272 valence electrons. The molecule has 0 saturated heterocycles. The van der Waals surface area contributed by atoms with E-state index in [1.807, 2.05) is 18.2 Å². The van der Waals surface area contributed by atoms with Crippen molar-refractivity contribution in [3.05, 3.63) is 206 Å². The van der Waals surface area contributed by atoms with Crippen LogP contribution in [0.3, 0.4) is 0 Å². The summed E-state index contributed by atoms with van der Waals surface area (Å²) in [7, 11) is 0. The van der Waals surface area contributed by atoms with Gasteiger partial charge < -0.3 is 18.3 Å². The number of anilines is 3. The van der Waals surface area contributed by atoms with Gasteiger partial charge in [-0.3, -0.25) is 0 Å². The zero-order valence-electron chi connectivity index (χ0n) is 31.3. The molecule has 9 aromatic carbocycles. The van der Waals surface area contributed by atoms with Crippen LogP contribution < -0.4 is 4.90 Å². The summed E-state index contributed by atoms with van der Waals surface area (Å²) in [6.45, 7) is 0. The number of para-hydroxylation sites is 4. The average molecular weight is 743 g/mol. The van der Waals surface area contributed by atoms with Crippen LogP contribution in [0.15, 0.2) is 215 Å². The Morgan fingerprint density at radius 3 is 1.76 bits per heavy atom. The Balaban J connectivity index is 1.25. The highest BCUT2D eigenvalue weighted by Gasteiger charge is 2.26. The first-order valence-corrected chi connectivity index (χ1v) is 19.7. The Hall–Kier alpha value is -7.82. The molecule has 4 heteroatoms. The van der Waals surface area contributed by atoms with Gasteiger partial charge in [0.05, 0.1) is 22.4 Å². The van der Waals surface area contributed by atoms with Crippen molar-refractivity contribution in [2.45, 2.75) is 0 Å². The van der Waals surface area contributed by atoms with Gasteiger partial charge in [-0.25, -0.2) is 0 Å². The number of benzene rings is 9. The molecule has 12 rings (SSSR count). The minimum atomic E-state index is 0.833. The molecule has 58 heavy (non-hydrogen) atoms. The van der Waals surface area contributed by atoms with E-state index in [4.69, 9.17) is 8.83 Å². The lowest BCUT2D eigenvalue weighted by molar-refractivity contribution is 0.669. The lowest BCUT2D eigenvalue weighted by Gasteiger charge is -2.26. The highest BCUT2D eigenvalue weighted by atomic mass is 16.3.